The Hall–Kier alpha value is -3.02. The minimum absolute atomic E-state index is 0.339. The monoisotopic (exact) mass is 281 g/mol. The molecule has 2 aromatic heterocycles. The van der Waals surface area contributed by atoms with E-state index in [0.29, 0.717) is 23.1 Å². The second kappa shape index (κ2) is 4.82. The van der Waals surface area contributed by atoms with Crippen molar-refractivity contribution in [2.45, 2.75) is 0 Å². The van der Waals surface area contributed by atoms with Gasteiger partial charge in [0.15, 0.2) is 0 Å². The van der Waals surface area contributed by atoms with E-state index in [0.717, 1.165) is 22.0 Å². The van der Waals surface area contributed by atoms with Gasteiger partial charge in [-0.2, -0.15) is 0 Å². The molecule has 0 atom stereocenters. The van der Waals surface area contributed by atoms with Crippen LogP contribution in [0.25, 0.3) is 22.0 Å². The highest BCUT2D eigenvalue weighted by Crippen LogP contribution is 2.29. The molecule has 0 aliphatic rings. The maximum Gasteiger partial charge on any atom is 0.236 e. The quantitative estimate of drug-likeness (QED) is 0.662. The predicted octanol–water partition coefficient (Wildman–Crippen LogP) is 2.05. The summed E-state index contributed by atoms with van der Waals surface area (Å²) in [5.74, 6) is 0.754. The summed E-state index contributed by atoms with van der Waals surface area (Å²) in [6.07, 6.45) is 1.71. The van der Waals surface area contributed by atoms with Crippen molar-refractivity contribution in [2.24, 2.45) is 0 Å². The zero-order valence-corrected chi connectivity index (χ0v) is 11.5. The molecule has 0 fully saturated rings. The first-order chi connectivity index (χ1) is 10.1. The van der Waals surface area contributed by atoms with Crippen LogP contribution in [-0.2, 0) is 0 Å². The van der Waals surface area contributed by atoms with E-state index >= 15 is 0 Å². The van der Waals surface area contributed by atoms with Crippen molar-refractivity contribution in [3.63, 3.8) is 0 Å². The topological polar surface area (TPSA) is 113 Å². The van der Waals surface area contributed by atoms with Crippen molar-refractivity contribution in [3.05, 3.63) is 36.5 Å². The van der Waals surface area contributed by atoms with Gasteiger partial charge in [-0.3, -0.25) is 0 Å². The molecule has 21 heavy (non-hydrogen) atoms. The number of nitrogens with two attached hydrogens (primary N) is 3. The summed E-state index contributed by atoms with van der Waals surface area (Å²) in [4.78, 5) is 8.42. The molecule has 1 aromatic carbocycles. The summed E-state index contributed by atoms with van der Waals surface area (Å²) < 4.78 is 5.06. The number of anilines is 3. The van der Waals surface area contributed by atoms with Gasteiger partial charge in [0.1, 0.15) is 5.82 Å². The lowest BCUT2D eigenvalue weighted by atomic mass is 10.0. The number of nitrogen functional groups attached to an aromatic ring is 3. The van der Waals surface area contributed by atoms with Crippen LogP contribution >= 0.6 is 0 Å². The lowest BCUT2D eigenvalue weighted by Gasteiger charge is -2.08. The molecule has 6 N–H and O–H groups in total. The van der Waals surface area contributed by atoms with Crippen molar-refractivity contribution in [1.82, 2.24) is 9.97 Å². The lowest BCUT2D eigenvalue weighted by Crippen LogP contribution is -1.98. The maximum atomic E-state index is 5.89. The zero-order chi connectivity index (χ0) is 15.0. The van der Waals surface area contributed by atoms with Crippen LogP contribution in [-0.4, -0.2) is 17.1 Å². The molecule has 2 heterocycles. The molecule has 0 amide bonds. The minimum Gasteiger partial charge on any atom is -0.480 e. The number of rotatable bonds is 2. The third-order valence-electron chi connectivity index (χ3n) is 3.28. The van der Waals surface area contributed by atoms with Crippen molar-refractivity contribution in [1.29, 1.82) is 0 Å². The average molecular weight is 281 g/mol. The van der Waals surface area contributed by atoms with Crippen molar-refractivity contribution >= 4 is 28.1 Å². The number of aromatic nitrogens is 2. The molecule has 0 saturated heterocycles. The molecule has 3 aromatic rings. The third kappa shape index (κ3) is 2.27. The number of hydrogen-bond acceptors (Lipinski definition) is 6. The first kappa shape index (κ1) is 13.0. The Balaban J connectivity index is 2.12. The van der Waals surface area contributed by atoms with Gasteiger partial charge in [0.25, 0.3) is 0 Å². The Morgan fingerprint density at radius 1 is 0.952 bits per heavy atom. The highest BCUT2D eigenvalue weighted by molar-refractivity contribution is 5.89. The molecule has 0 bridgehead atoms. The van der Waals surface area contributed by atoms with Gasteiger partial charge < -0.3 is 21.9 Å². The number of pyridine rings is 2. The van der Waals surface area contributed by atoms with Crippen molar-refractivity contribution in [2.75, 3.05) is 24.3 Å². The highest BCUT2D eigenvalue weighted by Gasteiger charge is 2.07. The van der Waals surface area contributed by atoms with Gasteiger partial charge in [-0.05, 0) is 29.8 Å². The first-order valence-corrected chi connectivity index (χ1v) is 6.34. The molecule has 0 saturated carbocycles. The normalized spacial score (nSPS) is 10.7. The number of ether oxygens (including phenoxy) is 1. The van der Waals surface area contributed by atoms with E-state index in [1.807, 2.05) is 30.3 Å². The molecule has 0 aliphatic carbocycles. The van der Waals surface area contributed by atoms with E-state index in [1.54, 1.807) is 6.20 Å². The van der Waals surface area contributed by atoms with Crippen LogP contribution in [0, 0.1) is 0 Å². The van der Waals surface area contributed by atoms with Gasteiger partial charge in [0, 0.05) is 17.1 Å². The van der Waals surface area contributed by atoms with E-state index in [1.165, 1.54) is 7.11 Å². The van der Waals surface area contributed by atoms with Crippen LogP contribution in [0.2, 0.25) is 0 Å². The molecular formula is C15H15N5O. The fraction of sp³-hybridized carbons (Fsp3) is 0.0667. The third-order valence-corrected chi connectivity index (χ3v) is 3.28. The minimum atomic E-state index is 0.339. The SMILES string of the molecule is COc1ncc(-c2ccc3nc(N)c(N)cc3c2)cc1N. The fourth-order valence-electron chi connectivity index (χ4n) is 2.18. The summed E-state index contributed by atoms with van der Waals surface area (Å²) in [7, 11) is 1.53. The predicted molar refractivity (Wildman–Crippen MR) is 84.8 cm³/mol. The lowest BCUT2D eigenvalue weighted by molar-refractivity contribution is 0.400. The molecule has 3 rings (SSSR count). The van der Waals surface area contributed by atoms with E-state index < -0.39 is 0 Å². The Morgan fingerprint density at radius 2 is 1.76 bits per heavy atom. The molecule has 6 nitrogen and oxygen atoms in total. The molecule has 0 unspecified atom stereocenters. The summed E-state index contributed by atoms with van der Waals surface area (Å²) in [5, 5.41) is 0.911. The second-order valence-corrected chi connectivity index (χ2v) is 4.69. The summed E-state index contributed by atoms with van der Waals surface area (Å²) >= 11 is 0. The molecule has 6 heteroatoms. The van der Waals surface area contributed by atoms with Crippen LogP contribution in [0.15, 0.2) is 36.5 Å². The number of nitrogens with zero attached hydrogens (tertiary/aromatic N) is 2. The first-order valence-electron chi connectivity index (χ1n) is 6.34. The van der Waals surface area contributed by atoms with Gasteiger partial charge in [0.2, 0.25) is 5.88 Å². The van der Waals surface area contributed by atoms with E-state index in [4.69, 9.17) is 21.9 Å². The largest absolute Gasteiger partial charge is 0.480 e. The average Bonchev–Trinajstić information content (AvgIpc) is 2.48. The highest BCUT2D eigenvalue weighted by atomic mass is 16.5. The van der Waals surface area contributed by atoms with Crippen LogP contribution in [0.3, 0.4) is 0 Å². The van der Waals surface area contributed by atoms with Crippen LogP contribution < -0.4 is 21.9 Å². The van der Waals surface area contributed by atoms with Gasteiger partial charge in [-0.1, -0.05) is 6.07 Å². The number of methoxy groups -OCH3 is 1. The Morgan fingerprint density at radius 3 is 2.48 bits per heavy atom. The molecule has 106 valence electrons. The standard InChI is InChI=1S/C15H15N5O/c1-21-15-12(17)6-10(7-19-15)8-2-3-13-9(4-8)5-11(16)14(18)20-13/h2-7H,16-17H2,1H3,(H2,18,20). The molecule has 0 spiro atoms. The summed E-state index contributed by atoms with van der Waals surface area (Å²) in [6, 6.07) is 9.43. The number of fused-ring (bicyclic) bond motifs is 1. The van der Waals surface area contributed by atoms with E-state index in [-0.39, 0.29) is 0 Å². The van der Waals surface area contributed by atoms with E-state index in [2.05, 4.69) is 9.97 Å². The van der Waals surface area contributed by atoms with Crippen molar-refractivity contribution < 1.29 is 4.74 Å². The maximum absolute atomic E-state index is 5.89. The van der Waals surface area contributed by atoms with Crippen LogP contribution in [0.4, 0.5) is 17.2 Å². The van der Waals surface area contributed by atoms with Gasteiger partial charge in [-0.25, -0.2) is 9.97 Å². The molecule has 0 radical (unpaired) electrons. The summed E-state index contributed by atoms with van der Waals surface area (Å²) in [6.45, 7) is 0. The van der Waals surface area contributed by atoms with Crippen LogP contribution in [0.5, 0.6) is 5.88 Å². The number of hydrogen-bond donors (Lipinski definition) is 3. The molecule has 0 aliphatic heterocycles. The van der Waals surface area contributed by atoms with Gasteiger partial charge in [0.05, 0.1) is 24.0 Å². The number of benzene rings is 1. The zero-order valence-electron chi connectivity index (χ0n) is 11.5. The Labute approximate surface area is 121 Å². The summed E-state index contributed by atoms with van der Waals surface area (Å²) in [5.41, 5.74) is 21.0. The Kier molecular flexibility index (Phi) is 2.98. The fourth-order valence-corrected chi connectivity index (χ4v) is 2.18. The smallest absolute Gasteiger partial charge is 0.236 e. The van der Waals surface area contributed by atoms with Gasteiger partial charge in [-0.15, -0.1) is 0 Å². The van der Waals surface area contributed by atoms with E-state index in [9.17, 15) is 0 Å². The second-order valence-electron chi connectivity index (χ2n) is 4.69. The van der Waals surface area contributed by atoms with Crippen LogP contribution in [0.1, 0.15) is 0 Å². The Bertz CT molecular complexity index is 832. The molecular weight excluding hydrogens is 266 g/mol. The van der Waals surface area contributed by atoms with Crippen molar-refractivity contribution in [3.8, 4) is 17.0 Å². The van der Waals surface area contributed by atoms with Gasteiger partial charge >= 0.3 is 0 Å².